The number of nitrogens with one attached hydrogen (secondary N) is 1. The number of benzene rings is 1. The van der Waals surface area contributed by atoms with Crippen molar-refractivity contribution in [2.75, 3.05) is 4.90 Å². The van der Waals surface area contributed by atoms with Gasteiger partial charge in [-0.25, -0.2) is 4.79 Å². The van der Waals surface area contributed by atoms with Gasteiger partial charge in [0.2, 0.25) is 0 Å². The molecule has 0 aromatic heterocycles. The van der Waals surface area contributed by atoms with Crippen molar-refractivity contribution < 1.29 is 4.79 Å². The van der Waals surface area contributed by atoms with Gasteiger partial charge in [-0.3, -0.25) is 4.90 Å². The number of amides is 2. The summed E-state index contributed by atoms with van der Waals surface area (Å²) < 4.78 is 0. The van der Waals surface area contributed by atoms with Crippen LogP contribution in [0.1, 0.15) is 51.0 Å². The third kappa shape index (κ3) is 2.12. The summed E-state index contributed by atoms with van der Waals surface area (Å²) >= 11 is 0. The maximum absolute atomic E-state index is 13.1. The van der Waals surface area contributed by atoms with Gasteiger partial charge in [-0.15, -0.1) is 0 Å². The molecule has 5 aliphatic rings. The molecule has 3 nitrogen and oxygen atoms in total. The summed E-state index contributed by atoms with van der Waals surface area (Å²) in [4.78, 5) is 15.1. The second-order valence-electron chi connectivity index (χ2n) is 8.68. The summed E-state index contributed by atoms with van der Waals surface area (Å²) in [7, 11) is 0. The zero-order valence-corrected chi connectivity index (χ0v) is 13.9. The van der Waals surface area contributed by atoms with E-state index in [1.807, 2.05) is 11.0 Å². The van der Waals surface area contributed by atoms with Crippen LogP contribution in [0.4, 0.5) is 10.5 Å². The highest BCUT2D eigenvalue weighted by Crippen LogP contribution is 2.55. The van der Waals surface area contributed by atoms with E-state index in [4.69, 9.17) is 0 Å². The zero-order valence-electron chi connectivity index (χ0n) is 13.9. The molecule has 0 saturated heterocycles. The molecule has 4 aliphatic carbocycles. The normalized spacial score (nSPS) is 40.3. The van der Waals surface area contributed by atoms with Gasteiger partial charge < -0.3 is 5.32 Å². The Balaban J connectivity index is 1.40. The zero-order chi connectivity index (χ0) is 15.6. The molecule has 1 heterocycles. The van der Waals surface area contributed by atoms with Crippen LogP contribution < -0.4 is 10.2 Å². The SMILES string of the molecule is CC1Cc2ccccc2N1C(=O)NC12CC3CC(CC(C3)C1)C2. The molecule has 122 valence electrons. The van der Waals surface area contributed by atoms with Crippen molar-refractivity contribution in [3.05, 3.63) is 29.8 Å². The van der Waals surface area contributed by atoms with Crippen LogP contribution in [0.3, 0.4) is 0 Å². The van der Waals surface area contributed by atoms with E-state index < -0.39 is 0 Å². The Hall–Kier alpha value is -1.51. The van der Waals surface area contributed by atoms with Gasteiger partial charge in [-0.2, -0.15) is 0 Å². The molecule has 3 heteroatoms. The van der Waals surface area contributed by atoms with Gasteiger partial charge >= 0.3 is 6.03 Å². The molecular weight excluding hydrogens is 284 g/mol. The maximum atomic E-state index is 13.1. The molecule has 23 heavy (non-hydrogen) atoms. The number of anilines is 1. The van der Waals surface area contributed by atoms with Crippen LogP contribution in [0.25, 0.3) is 0 Å². The highest BCUT2D eigenvalue weighted by Gasteiger charge is 2.52. The molecule has 4 saturated carbocycles. The maximum Gasteiger partial charge on any atom is 0.322 e. The first kappa shape index (κ1) is 13.9. The summed E-state index contributed by atoms with van der Waals surface area (Å²) in [6, 6.07) is 8.78. The molecule has 1 aliphatic heterocycles. The van der Waals surface area contributed by atoms with Crippen LogP contribution in [0.2, 0.25) is 0 Å². The number of rotatable bonds is 1. The smallest absolute Gasteiger partial charge is 0.322 e. The predicted molar refractivity (Wildman–Crippen MR) is 91.5 cm³/mol. The predicted octanol–water partition coefficient (Wildman–Crippen LogP) is 4.12. The van der Waals surface area contributed by atoms with Crippen molar-refractivity contribution in [3.8, 4) is 0 Å². The van der Waals surface area contributed by atoms with Crippen molar-refractivity contribution in [1.82, 2.24) is 5.32 Å². The standard InChI is InChI=1S/C20H26N2O/c1-13-6-17-4-2-3-5-18(17)22(13)19(23)21-20-10-14-7-15(11-20)9-16(8-14)12-20/h2-5,13-16H,6-12H2,1H3,(H,21,23). The monoisotopic (exact) mass is 310 g/mol. The van der Waals surface area contributed by atoms with E-state index in [9.17, 15) is 4.79 Å². The van der Waals surface area contributed by atoms with Crippen molar-refractivity contribution >= 4 is 11.7 Å². The minimum atomic E-state index is 0.100. The van der Waals surface area contributed by atoms with Crippen LogP contribution >= 0.6 is 0 Å². The lowest BCUT2D eigenvalue weighted by Crippen LogP contribution is -2.62. The van der Waals surface area contributed by atoms with Crippen LogP contribution in [0.15, 0.2) is 24.3 Å². The van der Waals surface area contributed by atoms with Gasteiger partial charge in [0.05, 0.1) is 0 Å². The fourth-order valence-corrected chi connectivity index (χ4v) is 6.43. The molecule has 4 bridgehead atoms. The van der Waals surface area contributed by atoms with Gasteiger partial charge in [0.25, 0.3) is 0 Å². The first-order chi connectivity index (χ1) is 11.1. The molecule has 6 rings (SSSR count). The molecule has 4 fully saturated rings. The van der Waals surface area contributed by atoms with Crippen LogP contribution in [-0.2, 0) is 6.42 Å². The summed E-state index contributed by atoms with van der Waals surface area (Å²) in [5.74, 6) is 2.60. The first-order valence-corrected chi connectivity index (χ1v) is 9.31. The molecule has 1 atom stereocenters. The number of hydrogen-bond donors (Lipinski definition) is 1. The topological polar surface area (TPSA) is 32.3 Å². The average molecular weight is 310 g/mol. The fourth-order valence-electron chi connectivity index (χ4n) is 6.43. The Morgan fingerprint density at radius 3 is 2.35 bits per heavy atom. The van der Waals surface area contributed by atoms with Gasteiger partial charge in [0.1, 0.15) is 0 Å². The molecule has 1 aromatic rings. The van der Waals surface area contributed by atoms with E-state index >= 15 is 0 Å². The van der Waals surface area contributed by atoms with E-state index in [-0.39, 0.29) is 17.6 Å². The Bertz CT molecular complexity index is 618. The second-order valence-corrected chi connectivity index (χ2v) is 8.68. The average Bonchev–Trinajstić information content (AvgIpc) is 2.81. The lowest BCUT2D eigenvalue weighted by atomic mass is 9.53. The number of carbonyl (C=O) groups is 1. The van der Waals surface area contributed by atoms with Crippen molar-refractivity contribution in [2.24, 2.45) is 17.8 Å². The minimum Gasteiger partial charge on any atom is -0.332 e. The first-order valence-electron chi connectivity index (χ1n) is 9.31. The highest BCUT2D eigenvalue weighted by atomic mass is 16.2. The van der Waals surface area contributed by atoms with E-state index in [1.165, 1.54) is 44.1 Å². The van der Waals surface area contributed by atoms with E-state index in [2.05, 4.69) is 30.4 Å². The summed E-state index contributed by atoms with van der Waals surface area (Å²) in [5, 5.41) is 3.52. The summed E-state index contributed by atoms with van der Waals surface area (Å²) in [6.07, 6.45) is 8.87. The molecule has 1 aromatic carbocycles. The van der Waals surface area contributed by atoms with E-state index in [0.29, 0.717) is 0 Å². The quantitative estimate of drug-likeness (QED) is 0.831. The van der Waals surface area contributed by atoms with Crippen molar-refractivity contribution in [2.45, 2.75) is 63.5 Å². The molecule has 0 radical (unpaired) electrons. The number of fused-ring (bicyclic) bond motifs is 1. The molecule has 2 amide bonds. The Labute approximate surface area is 138 Å². The fraction of sp³-hybridized carbons (Fsp3) is 0.650. The lowest BCUT2D eigenvalue weighted by molar-refractivity contribution is -0.0131. The van der Waals surface area contributed by atoms with Gasteiger partial charge in [-0.05, 0) is 81.3 Å². The third-order valence-electron chi connectivity index (χ3n) is 6.84. The number of urea groups is 1. The van der Waals surface area contributed by atoms with Crippen LogP contribution in [0, 0.1) is 17.8 Å². The van der Waals surface area contributed by atoms with Gasteiger partial charge in [0, 0.05) is 17.3 Å². The van der Waals surface area contributed by atoms with Crippen LogP contribution in [-0.4, -0.2) is 17.6 Å². The summed E-state index contributed by atoms with van der Waals surface area (Å²) in [6.45, 7) is 2.17. The molecule has 1 unspecified atom stereocenters. The van der Waals surface area contributed by atoms with Gasteiger partial charge in [0.15, 0.2) is 0 Å². The van der Waals surface area contributed by atoms with Gasteiger partial charge in [-0.1, -0.05) is 18.2 Å². The molecular formula is C20H26N2O. The number of carbonyl (C=O) groups excluding carboxylic acids is 1. The van der Waals surface area contributed by atoms with E-state index in [0.717, 1.165) is 29.9 Å². The minimum absolute atomic E-state index is 0.100. The number of nitrogens with zero attached hydrogens (tertiary/aromatic N) is 1. The lowest BCUT2D eigenvalue weighted by Gasteiger charge is -2.57. The largest absolute Gasteiger partial charge is 0.332 e. The van der Waals surface area contributed by atoms with Crippen molar-refractivity contribution in [1.29, 1.82) is 0 Å². The molecule has 0 spiro atoms. The second kappa shape index (κ2) is 4.75. The Morgan fingerprint density at radius 1 is 1.09 bits per heavy atom. The summed E-state index contributed by atoms with van der Waals surface area (Å²) in [5.41, 5.74) is 2.52. The van der Waals surface area contributed by atoms with Crippen molar-refractivity contribution in [3.63, 3.8) is 0 Å². The Morgan fingerprint density at radius 2 is 1.70 bits per heavy atom. The van der Waals surface area contributed by atoms with Crippen LogP contribution in [0.5, 0.6) is 0 Å². The molecule has 1 N–H and O–H groups in total. The van der Waals surface area contributed by atoms with E-state index in [1.54, 1.807) is 0 Å². The third-order valence-corrected chi connectivity index (χ3v) is 6.84. The Kier molecular flexibility index (Phi) is 2.87. The number of para-hydroxylation sites is 1. The highest BCUT2D eigenvalue weighted by molar-refractivity contribution is 5.95. The number of hydrogen-bond acceptors (Lipinski definition) is 1.